The van der Waals surface area contributed by atoms with Crippen LogP contribution in [0.15, 0.2) is 34.4 Å². The summed E-state index contributed by atoms with van der Waals surface area (Å²) in [7, 11) is 0. The first-order valence-electron chi connectivity index (χ1n) is 5.22. The van der Waals surface area contributed by atoms with Gasteiger partial charge in [0.2, 0.25) is 0 Å². The Labute approximate surface area is 93.4 Å². The number of nitrogens with zero attached hydrogens (tertiary/aromatic N) is 2. The minimum atomic E-state index is -0.585. The molecule has 0 spiro atoms. The number of carbonyl (C=O) groups excluding carboxylic acids is 1. The number of rotatable bonds is 3. The van der Waals surface area contributed by atoms with Gasteiger partial charge in [-0.25, -0.2) is 0 Å². The average molecular weight is 216 g/mol. The second-order valence-electron chi connectivity index (χ2n) is 4.01. The lowest BCUT2D eigenvalue weighted by atomic mass is 9.91. The maximum absolute atomic E-state index is 11.1. The lowest BCUT2D eigenvalue weighted by Crippen LogP contribution is -2.12. The molecule has 1 aliphatic heterocycles. The summed E-state index contributed by atoms with van der Waals surface area (Å²) >= 11 is 0. The predicted octanol–water partition coefficient (Wildman–Crippen LogP) is 2.81. The van der Waals surface area contributed by atoms with E-state index in [0.29, 0.717) is 6.42 Å². The summed E-state index contributed by atoms with van der Waals surface area (Å²) in [6, 6.07) is 7.82. The van der Waals surface area contributed by atoms with Crippen LogP contribution < -0.4 is 0 Å². The number of fused-ring (bicyclic) bond motifs is 1. The number of para-hydroxylation sites is 1. The molecule has 0 saturated heterocycles. The number of carbonyl (C=O) groups is 1. The van der Waals surface area contributed by atoms with Crippen molar-refractivity contribution in [2.24, 2.45) is 16.1 Å². The van der Waals surface area contributed by atoms with Crippen molar-refractivity contribution < 1.29 is 4.79 Å². The zero-order chi connectivity index (χ0) is 11.5. The van der Waals surface area contributed by atoms with Crippen LogP contribution in [-0.4, -0.2) is 12.1 Å². The van der Waals surface area contributed by atoms with E-state index in [4.69, 9.17) is 0 Å². The summed E-state index contributed by atoms with van der Waals surface area (Å²) in [4.78, 5) is 25.5. The Hall–Kier alpha value is -1.84. The topological polar surface area (TPSA) is 58.9 Å². The van der Waals surface area contributed by atoms with Gasteiger partial charge in [-0.05, 0) is 18.1 Å². The van der Waals surface area contributed by atoms with Gasteiger partial charge in [0.15, 0.2) is 0 Å². The van der Waals surface area contributed by atoms with Crippen molar-refractivity contribution in [3.05, 3.63) is 34.7 Å². The fourth-order valence-electron chi connectivity index (χ4n) is 1.93. The largest absolute Gasteiger partial charge is 0.289 e. The lowest BCUT2D eigenvalue weighted by Gasteiger charge is -2.11. The number of hydrogen-bond acceptors (Lipinski definition) is 3. The van der Waals surface area contributed by atoms with Gasteiger partial charge in [0.1, 0.15) is 0 Å². The van der Waals surface area contributed by atoms with E-state index in [1.807, 2.05) is 30.5 Å². The maximum Gasteiger partial charge on any atom is 0.289 e. The molecule has 2 unspecified atom stereocenters. The molecule has 1 amide bonds. The summed E-state index contributed by atoms with van der Waals surface area (Å²) in [5, 5.41) is 2.45. The second-order valence-corrected chi connectivity index (χ2v) is 4.01. The van der Waals surface area contributed by atoms with Crippen molar-refractivity contribution >= 4 is 17.8 Å². The number of hydrogen-bond donors (Lipinski definition) is 0. The highest BCUT2D eigenvalue weighted by atomic mass is 16.3. The first-order valence-corrected chi connectivity index (χ1v) is 5.22. The highest BCUT2D eigenvalue weighted by Gasteiger charge is 2.24. The number of nitroso groups, excluding NO2 is 1. The quantitative estimate of drug-likeness (QED) is 0.729. The molecule has 0 bridgehead atoms. The van der Waals surface area contributed by atoms with Crippen molar-refractivity contribution in [3.8, 4) is 0 Å². The third-order valence-corrected chi connectivity index (χ3v) is 2.85. The molecule has 0 aromatic heterocycles. The zero-order valence-corrected chi connectivity index (χ0v) is 8.96. The van der Waals surface area contributed by atoms with Gasteiger partial charge in [0.25, 0.3) is 5.91 Å². The highest BCUT2D eigenvalue weighted by Crippen LogP contribution is 2.35. The molecule has 1 heterocycles. The van der Waals surface area contributed by atoms with E-state index in [1.54, 1.807) is 6.92 Å². The fourth-order valence-corrected chi connectivity index (χ4v) is 1.93. The van der Waals surface area contributed by atoms with Crippen molar-refractivity contribution in [1.82, 2.24) is 0 Å². The summed E-state index contributed by atoms with van der Waals surface area (Å²) < 4.78 is 0. The smallest absolute Gasteiger partial charge is 0.269 e. The molecule has 0 fully saturated rings. The summed E-state index contributed by atoms with van der Waals surface area (Å²) in [6.45, 7) is 1.72. The molecule has 16 heavy (non-hydrogen) atoms. The standard InChI is InChI=1S/C12H12N2O2/c1-8(12(15)14-16)6-9-7-13-11-5-3-2-4-10(9)11/h2-5,7-9H,6H2,1H3. The zero-order valence-electron chi connectivity index (χ0n) is 8.96. The number of amides is 1. The molecule has 0 N–H and O–H groups in total. The van der Waals surface area contributed by atoms with E-state index >= 15 is 0 Å². The monoisotopic (exact) mass is 216 g/mol. The van der Waals surface area contributed by atoms with Crippen molar-refractivity contribution in [2.75, 3.05) is 0 Å². The molecule has 1 aromatic rings. The maximum atomic E-state index is 11.1. The molecular weight excluding hydrogens is 204 g/mol. The van der Waals surface area contributed by atoms with E-state index in [2.05, 4.69) is 10.2 Å². The summed E-state index contributed by atoms with van der Waals surface area (Å²) in [6.07, 6.45) is 2.42. The molecule has 4 nitrogen and oxygen atoms in total. The first kappa shape index (κ1) is 10.7. The van der Waals surface area contributed by atoms with Gasteiger partial charge >= 0.3 is 0 Å². The fraction of sp³-hybridized carbons (Fsp3) is 0.333. The van der Waals surface area contributed by atoms with Crippen LogP contribution in [0.25, 0.3) is 0 Å². The Balaban J connectivity index is 2.12. The van der Waals surface area contributed by atoms with Crippen LogP contribution in [0.1, 0.15) is 24.8 Å². The van der Waals surface area contributed by atoms with E-state index in [9.17, 15) is 9.70 Å². The van der Waals surface area contributed by atoms with E-state index in [1.165, 1.54) is 0 Å². The second kappa shape index (κ2) is 4.35. The van der Waals surface area contributed by atoms with Crippen LogP contribution in [-0.2, 0) is 4.79 Å². The Morgan fingerprint density at radius 1 is 1.50 bits per heavy atom. The number of benzene rings is 1. The van der Waals surface area contributed by atoms with Gasteiger partial charge in [0.05, 0.1) is 5.69 Å². The van der Waals surface area contributed by atoms with Gasteiger partial charge in [-0.15, -0.1) is 4.91 Å². The molecule has 0 saturated carbocycles. The molecule has 1 aromatic carbocycles. The Bertz CT molecular complexity index is 454. The number of aliphatic imine (C=N–C) groups is 1. The van der Waals surface area contributed by atoms with Crippen LogP contribution in [0.4, 0.5) is 5.69 Å². The van der Waals surface area contributed by atoms with E-state index in [-0.39, 0.29) is 11.8 Å². The van der Waals surface area contributed by atoms with Crippen LogP contribution in [0.2, 0.25) is 0 Å². The Morgan fingerprint density at radius 3 is 3.00 bits per heavy atom. The van der Waals surface area contributed by atoms with Crippen molar-refractivity contribution in [2.45, 2.75) is 19.3 Å². The third-order valence-electron chi connectivity index (χ3n) is 2.85. The van der Waals surface area contributed by atoms with Crippen LogP contribution in [0.3, 0.4) is 0 Å². The Morgan fingerprint density at radius 2 is 2.25 bits per heavy atom. The molecule has 82 valence electrons. The molecular formula is C12H12N2O2. The van der Waals surface area contributed by atoms with Gasteiger partial charge in [0, 0.05) is 23.2 Å². The predicted molar refractivity (Wildman–Crippen MR) is 61.9 cm³/mol. The normalized spacial score (nSPS) is 19.2. The van der Waals surface area contributed by atoms with Crippen LogP contribution in [0, 0.1) is 10.8 Å². The third kappa shape index (κ3) is 1.91. The van der Waals surface area contributed by atoms with E-state index < -0.39 is 5.91 Å². The van der Waals surface area contributed by atoms with E-state index in [0.717, 1.165) is 11.3 Å². The highest BCUT2D eigenvalue weighted by molar-refractivity contribution is 5.83. The molecule has 0 aliphatic carbocycles. The van der Waals surface area contributed by atoms with Crippen LogP contribution >= 0.6 is 0 Å². The van der Waals surface area contributed by atoms with Gasteiger partial charge < -0.3 is 0 Å². The first-order chi connectivity index (χ1) is 7.72. The van der Waals surface area contributed by atoms with Crippen molar-refractivity contribution in [1.29, 1.82) is 0 Å². The van der Waals surface area contributed by atoms with Gasteiger partial charge in [-0.1, -0.05) is 25.1 Å². The van der Waals surface area contributed by atoms with Gasteiger partial charge in [-0.2, -0.15) is 0 Å². The van der Waals surface area contributed by atoms with Crippen LogP contribution in [0.5, 0.6) is 0 Å². The van der Waals surface area contributed by atoms with Crippen molar-refractivity contribution in [3.63, 3.8) is 0 Å². The Kier molecular flexibility index (Phi) is 2.90. The summed E-state index contributed by atoms with van der Waals surface area (Å²) in [5.74, 6) is -0.810. The van der Waals surface area contributed by atoms with Gasteiger partial charge in [-0.3, -0.25) is 9.79 Å². The molecule has 4 heteroatoms. The minimum Gasteiger partial charge on any atom is -0.269 e. The molecule has 2 rings (SSSR count). The lowest BCUT2D eigenvalue weighted by molar-refractivity contribution is -0.121. The molecule has 1 aliphatic rings. The summed E-state index contributed by atoms with van der Waals surface area (Å²) in [5.41, 5.74) is 2.07. The molecule has 0 radical (unpaired) electrons. The average Bonchev–Trinajstić information content (AvgIpc) is 2.72. The SMILES string of the molecule is CC(CC1C=Nc2ccccc21)C(=O)N=O. The minimum absolute atomic E-state index is 0.122. The molecule has 2 atom stereocenters.